The fourth-order valence-corrected chi connectivity index (χ4v) is 6.00. The van der Waals surface area contributed by atoms with Gasteiger partial charge in [-0.05, 0) is 43.3 Å². The van der Waals surface area contributed by atoms with Crippen molar-refractivity contribution < 1.29 is 9.85 Å². The summed E-state index contributed by atoms with van der Waals surface area (Å²) in [4.78, 5) is 49.8. The Bertz CT molecular complexity index is 1660. The molecule has 3 aromatic heterocycles. The normalized spacial score (nSPS) is 11.5. The van der Waals surface area contributed by atoms with Crippen molar-refractivity contribution in [3.8, 4) is 0 Å². The molecule has 0 saturated heterocycles. The van der Waals surface area contributed by atoms with Crippen molar-refractivity contribution in [2.45, 2.75) is 29.9 Å². The second-order valence-electron chi connectivity index (χ2n) is 7.83. The molecule has 0 fully saturated rings. The summed E-state index contributed by atoms with van der Waals surface area (Å²) < 4.78 is 2.61. The minimum atomic E-state index is -0.511. The molecule has 0 bridgehead atoms. The lowest BCUT2D eigenvalue weighted by Crippen LogP contribution is -2.41. The number of rotatable bonds is 10. The number of thiophene rings is 2. The van der Waals surface area contributed by atoms with Gasteiger partial charge in [-0.2, -0.15) is 0 Å². The van der Waals surface area contributed by atoms with Gasteiger partial charge in [-0.25, -0.2) is 4.79 Å². The van der Waals surface area contributed by atoms with Crippen LogP contribution >= 0.6 is 34.4 Å². The Labute approximate surface area is 228 Å². The molecule has 1 aromatic carbocycles. The van der Waals surface area contributed by atoms with E-state index in [1.54, 1.807) is 43.4 Å². The smallest absolute Gasteiger partial charge is 0.283 e. The maximum absolute atomic E-state index is 13.5. The van der Waals surface area contributed by atoms with Crippen molar-refractivity contribution in [1.82, 2.24) is 9.13 Å². The first-order valence-electron chi connectivity index (χ1n) is 11.1. The SMILES string of the molecule is Cc1c(Sc2ccccc2)n(C/C=C/c2ccc([N+](=O)[O-])s2)c(=O)n(C/C=C/c2ccc([N+](=O)[O-])s2)c1=O. The van der Waals surface area contributed by atoms with Crippen LogP contribution in [0.25, 0.3) is 12.2 Å². The summed E-state index contributed by atoms with van der Waals surface area (Å²) in [5.74, 6) is 0. The lowest BCUT2D eigenvalue weighted by atomic mass is 10.3. The number of nitro groups is 2. The second kappa shape index (κ2) is 12.0. The molecular formula is C25H20N4O6S3. The van der Waals surface area contributed by atoms with E-state index in [4.69, 9.17) is 0 Å². The van der Waals surface area contributed by atoms with Crippen molar-refractivity contribution in [3.05, 3.63) is 123 Å². The highest BCUT2D eigenvalue weighted by atomic mass is 32.2. The number of hydrogen-bond donors (Lipinski definition) is 0. The average molecular weight is 569 g/mol. The Morgan fingerprint density at radius 3 is 1.84 bits per heavy atom. The van der Waals surface area contributed by atoms with Crippen LogP contribution in [0.1, 0.15) is 15.3 Å². The molecule has 0 amide bonds. The van der Waals surface area contributed by atoms with E-state index in [-0.39, 0.29) is 23.1 Å². The van der Waals surface area contributed by atoms with E-state index in [0.29, 0.717) is 20.3 Å². The van der Waals surface area contributed by atoms with E-state index in [1.165, 1.54) is 28.5 Å². The molecule has 4 aromatic rings. The highest BCUT2D eigenvalue weighted by Crippen LogP contribution is 2.29. The highest BCUT2D eigenvalue weighted by Gasteiger charge is 2.17. The summed E-state index contributed by atoms with van der Waals surface area (Å²) in [5, 5.41) is 22.4. The third kappa shape index (κ3) is 6.25. The molecule has 0 saturated carbocycles. The van der Waals surface area contributed by atoms with Crippen LogP contribution < -0.4 is 11.2 Å². The Hall–Kier alpha value is -4.07. The van der Waals surface area contributed by atoms with Crippen LogP contribution in [-0.2, 0) is 13.1 Å². The van der Waals surface area contributed by atoms with Gasteiger partial charge in [-0.3, -0.25) is 34.2 Å². The van der Waals surface area contributed by atoms with Crippen LogP contribution in [0.5, 0.6) is 0 Å². The fourth-order valence-electron chi connectivity index (χ4n) is 3.48. The van der Waals surface area contributed by atoms with Gasteiger partial charge in [-0.15, -0.1) is 0 Å². The standard InChI is InChI=1S/C25H20N4O6S3/c1-17-23(30)26(15-5-9-19-11-13-21(36-19)28(32)33)25(31)27(24(17)38-18-7-3-2-4-8-18)16-6-10-20-12-14-22(37-20)29(34)35/h2-14H,15-16H2,1H3/b9-5+,10-6+. The third-order valence-electron chi connectivity index (χ3n) is 5.28. The Morgan fingerprint density at radius 2 is 1.34 bits per heavy atom. The van der Waals surface area contributed by atoms with Gasteiger partial charge in [0.2, 0.25) is 0 Å². The molecule has 13 heteroatoms. The van der Waals surface area contributed by atoms with Gasteiger partial charge >= 0.3 is 15.7 Å². The third-order valence-corrected chi connectivity index (χ3v) is 8.51. The molecule has 0 aliphatic heterocycles. The molecule has 0 aliphatic rings. The molecule has 3 heterocycles. The average Bonchev–Trinajstić information content (AvgIpc) is 3.57. The Morgan fingerprint density at radius 1 is 0.816 bits per heavy atom. The predicted molar refractivity (Wildman–Crippen MR) is 150 cm³/mol. The molecule has 0 atom stereocenters. The Kier molecular flexibility index (Phi) is 8.51. The van der Waals surface area contributed by atoms with Crippen LogP contribution in [0, 0.1) is 27.2 Å². The monoisotopic (exact) mass is 568 g/mol. The summed E-state index contributed by atoms with van der Waals surface area (Å²) in [6, 6.07) is 15.4. The summed E-state index contributed by atoms with van der Waals surface area (Å²) in [6.45, 7) is 1.79. The van der Waals surface area contributed by atoms with Gasteiger partial charge in [0, 0.05) is 45.4 Å². The van der Waals surface area contributed by atoms with Crippen LogP contribution in [0.4, 0.5) is 10.0 Å². The zero-order valence-electron chi connectivity index (χ0n) is 19.9. The van der Waals surface area contributed by atoms with Gasteiger partial charge in [0.1, 0.15) is 0 Å². The van der Waals surface area contributed by atoms with Crippen molar-refractivity contribution in [2.24, 2.45) is 0 Å². The number of aromatic nitrogens is 2. The molecule has 0 N–H and O–H groups in total. The molecule has 0 unspecified atom stereocenters. The fraction of sp³-hybridized carbons (Fsp3) is 0.120. The van der Waals surface area contributed by atoms with E-state index < -0.39 is 21.1 Å². The Balaban J connectivity index is 1.68. The van der Waals surface area contributed by atoms with Crippen molar-refractivity contribution in [3.63, 3.8) is 0 Å². The molecule has 10 nitrogen and oxygen atoms in total. The summed E-state index contributed by atoms with van der Waals surface area (Å²) in [7, 11) is 0. The van der Waals surface area contributed by atoms with Crippen molar-refractivity contribution in [1.29, 1.82) is 0 Å². The van der Waals surface area contributed by atoms with Gasteiger partial charge in [0.25, 0.3) is 5.56 Å². The maximum Gasteiger partial charge on any atom is 0.332 e. The summed E-state index contributed by atoms with van der Waals surface area (Å²) in [5.41, 5.74) is -0.536. The topological polar surface area (TPSA) is 130 Å². The van der Waals surface area contributed by atoms with E-state index in [1.807, 2.05) is 30.3 Å². The first-order chi connectivity index (χ1) is 18.2. The molecule has 38 heavy (non-hydrogen) atoms. The van der Waals surface area contributed by atoms with E-state index in [0.717, 1.165) is 32.1 Å². The van der Waals surface area contributed by atoms with Crippen LogP contribution in [-0.4, -0.2) is 19.0 Å². The van der Waals surface area contributed by atoms with E-state index >= 15 is 0 Å². The van der Waals surface area contributed by atoms with Crippen LogP contribution in [0.2, 0.25) is 0 Å². The van der Waals surface area contributed by atoms with E-state index in [2.05, 4.69) is 0 Å². The summed E-state index contributed by atoms with van der Waals surface area (Å²) in [6.07, 6.45) is 6.68. The summed E-state index contributed by atoms with van der Waals surface area (Å²) >= 11 is 3.33. The zero-order chi connectivity index (χ0) is 27.2. The van der Waals surface area contributed by atoms with Gasteiger partial charge in [-0.1, -0.05) is 64.8 Å². The molecule has 0 aliphatic carbocycles. The number of nitrogens with zero attached hydrogens (tertiary/aromatic N) is 4. The second-order valence-corrected chi connectivity index (χ2v) is 11.1. The minimum absolute atomic E-state index is 0.00478. The van der Waals surface area contributed by atoms with Crippen molar-refractivity contribution in [2.75, 3.05) is 0 Å². The molecule has 194 valence electrons. The molecule has 0 radical (unpaired) electrons. The maximum atomic E-state index is 13.5. The van der Waals surface area contributed by atoms with Crippen molar-refractivity contribution >= 4 is 56.6 Å². The highest BCUT2D eigenvalue weighted by molar-refractivity contribution is 7.99. The lowest BCUT2D eigenvalue weighted by Gasteiger charge is -2.16. The van der Waals surface area contributed by atoms with Crippen LogP contribution in [0.15, 0.2) is 86.3 Å². The largest absolute Gasteiger partial charge is 0.332 e. The van der Waals surface area contributed by atoms with E-state index in [9.17, 15) is 29.8 Å². The van der Waals surface area contributed by atoms with Crippen LogP contribution in [0.3, 0.4) is 0 Å². The minimum Gasteiger partial charge on any atom is -0.283 e. The first kappa shape index (κ1) is 27.0. The molecule has 4 rings (SSSR count). The number of benzene rings is 1. The lowest BCUT2D eigenvalue weighted by molar-refractivity contribution is -0.380. The van der Waals surface area contributed by atoms with Gasteiger partial charge in [0.05, 0.1) is 14.9 Å². The zero-order valence-corrected chi connectivity index (χ0v) is 22.3. The molecular weight excluding hydrogens is 548 g/mol. The van der Waals surface area contributed by atoms with Gasteiger partial charge < -0.3 is 0 Å². The predicted octanol–water partition coefficient (Wildman–Crippen LogP) is 5.84. The number of hydrogen-bond acceptors (Lipinski definition) is 9. The quantitative estimate of drug-likeness (QED) is 0.133. The first-order valence-corrected chi connectivity index (χ1v) is 13.6. The van der Waals surface area contributed by atoms with Gasteiger partial charge in [0.15, 0.2) is 0 Å². The molecule has 0 spiro atoms. The number of allylic oxidation sites excluding steroid dienone is 2.